The molecule has 0 amide bonds. The maximum absolute atomic E-state index is 5.27. The van der Waals surface area contributed by atoms with Crippen molar-refractivity contribution in [1.82, 2.24) is 15.0 Å². The lowest BCUT2D eigenvalue weighted by Crippen LogP contribution is -2.25. The number of rotatable bonds is 5. The van der Waals surface area contributed by atoms with Crippen molar-refractivity contribution in [3.8, 4) is 78.7 Å². The van der Waals surface area contributed by atoms with Crippen LogP contribution in [0.4, 0.5) is 0 Å². The first-order chi connectivity index (χ1) is 30.7. The summed E-state index contributed by atoms with van der Waals surface area (Å²) in [7, 11) is 0. The van der Waals surface area contributed by atoms with Crippen LogP contribution < -0.4 is 0 Å². The van der Waals surface area contributed by atoms with Crippen LogP contribution in [0.2, 0.25) is 0 Å². The van der Waals surface area contributed by atoms with Gasteiger partial charge < -0.3 is 0 Å². The van der Waals surface area contributed by atoms with E-state index in [1.54, 1.807) is 0 Å². The maximum atomic E-state index is 5.27. The molecule has 2 aliphatic carbocycles. The predicted octanol–water partition coefficient (Wildman–Crippen LogP) is 14.9. The summed E-state index contributed by atoms with van der Waals surface area (Å²) in [5, 5.41) is 2.59. The van der Waals surface area contributed by atoms with Gasteiger partial charge in [-0.3, -0.25) is 0 Å². The van der Waals surface area contributed by atoms with Crippen LogP contribution in [0.15, 0.2) is 212 Å². The number of thiophene rings is 1. The number of benzene rings is 9. The third kappa shape index (κ3) is 5.20. The molecule has 2 aliphatic rings. The topological polar surface area (TPSA) is 38.7 Å². The average molecular weight is 806 g/mol. The van der Waals surface area contributed by atoms with E-state index in [4.69, 9.17) is 15.0 Å². The van der Waals surface area contributed by atoms with Crippen molar-refractivity contribution in [3.63, 3.8) is 0 Å². The minimum Gasteiger partial charge on any atom is -0.208 e. The van der Waals surface area contributed by atoms with E-state index < -0.39 is 5.41 Å². The molecule has 0 saturated carbocycles. The van der Waals surface area contributed by atoms with E-state index in [2.05, 4.69) is 206 Å². The fourth-order valence-electron chi connectivity index (χ4n) is 10.2. The van der Waals surface area contributed by atoms with Gasteiger partial charge in [-0.1, -0.05) is 182 Å². The van der Waals surface area contributed by atoms with Crippen LogP contribution in [0, 0.1) is 0 Å². The lowest BCUT2D eigenvalue weighted by molar-refractivity contribution is 0.794. The highest BCUT2D eigenvalue weighted by Gasteiger charge is 2.51. The lowest BCUT2D eigenvalue weighted by Gasteiger charge is -2.30. The van der Waals surface area contributed by atoms with E-state index in [9.17, 15) is 0 Å². The standard InChI is InChI=1S/C58H35N3S/c1-2-13-36(14-3-1)39-15-12-16-41(33-39)56-59-55(38-27-25-37(26-28-38)40-30-32-54-48(34-40)46-20-7-11-24-53(46)62-54)60-57(61-56)42-29-31-52-47(35-42)45-19-6-10-23-51(45)58(52)49-21-8-4-17-43(49)44-18-5-9-22-50(44)58/h1-35H. The zero-order valence-corrected chi connectivity index (χ0v) is 34.3. The molecule has 0 N–H and O–H groups in total. The zero-order chi connectivity index (χ0) is 40.8. The second-order valence-electron chi connectivity index (χ2n) is 16.3. The van der Waals surface area contributed by atoms with Crippen LogP contribution in [0.3, 0.4) is 0 Å². The van der Waals surface area contributed by atoms with Gasteiger partial charge in [0, 0.05) is 36.9 Å². The summed E-state index contributed by atoms with van der Waals surface area (Å²) in [4.78, 5) is 15.7. The van der Waals surface area contributed by atoms with E-state index in [0.29, 0.717) is 17.5 Å². The number of hydrogen-bond acceptors (Lipinski definition) is 4. The Morgan fingerprint density at radius 1 is 0.274 bits per heavy atom. The van der Waals surface area contributed by atoms with Gasteiger partial charge in [-0.15, -0.1) is 11.3 Å². The van der Waals surface area contributed by atoms with Gasteiger partial charge in [0.05, 0.1) is 5.41 Å². The monoisotopic (exact) mass is 805 g/mol. The van der Waals surface area contributed by atoms with E-state index in [-0.39, 0.29) is 0 Å². The molecule has 0 saturated heterocycles. The summed E-state index contributed by atoms with van der Waals surface area (Å²) in [6.45, 7) is 0. The first-order valence-electron chi connectivity index (χ1n) is 21.1. The van der Waals surface area contributed by atoms with Gasteiger partial charge in [-0.25, -0.2) is 15.0 Å². The molecule has 0 aliphatic heterocycles. The van der Waals surface area contributed by atoms with Gasteiger partial charge in [-0.05, 0) is 97.1 Å². The molecule has 3 nitrogen and oxygen atoms in total. The van der Waals surface area contributed by atoms with Gasteiger partial charge in [0.2, 0.25) is 0 Å². The van der Waals surface area contributed by atoms with Crippen molar-refractivity contribution in [2.45, 2.75) is 5.41 Å². The van der Waals surface area contributed by atoms with Crippen LogP contribution in [0.1, 0.15) is 22.3 Å². The number of hydrogen-bond donors (Lipinski definition) is 0. The maximum Gasteiger partial charge on any atom is 0.164 e. The molecule has 9 aromatic carbocycles. The SMILES string of the molecule is c1ccc(-c2cccc(-c3nc(-c4ccc(-c5ccc6sc7ccccc7c6c5)cc4)nc(-c4ccc5c(c4)-c4ccccc4C54c5ccccc5-c5ccccc54)n3)c2)cc1. The van der Waals surface area contributed by atoms with Crippen LogP contribution in [0.25, 0.3) is 98.8 Å². The van der Waals surface area contributed by atoms with E-state index in [1.165, 1.54) is 70.2 Å². The quantitative estimate of drug-likeness (QED) is 0.174. The Balaban J connectivity index is 0.965. The van der Waals surface area contributed by atoms with Crippen molar-refractivity contribution in [2.24, 2.45) is 0 Å². The number of nitrogens with zero attached hydrogens (tertiary/aromatic N) is 3. The van der Waals surface area contributed by atoms with Crippen molar-refractivity contribution < 1.29 is 0 Å². The molecular weight excluding hydrogens is 771 g/mol. The number of aromatic nitrogens is 3. The minimum absolute atomic E-state index is 0.409. The molecule has 0 radical (unpaired) electrons. The molecule has 288 valence electrons. The molecule has 0 fully saturated rings. The molecular formula is C58H35N3S. The Morgan fingerprint density at radius 2 is 0.726 bits per heavy atom. The summed E-state index contributed by atoms with van der Waals surface area (Å²) < 4.78 is 2.61. The highest BCUT2D eigenvalue weighted by Crippen LogP contribution is 2.63. The van der Waals surface area contributed by atoms with Gasteiger partial charge in [0.15, 0.2) is 17.5 Å². The van der Waals surface area contributed by atoms with Crippen LogP contribution in [-0.2, 0) is 5.41 Å². The highest BCUT2D eigenvalue weighted by molar-refractivity contribution is 7.25. The summed E-state index contributed by atoms with van der Waals surface area (Å²) in [6.07, 6.45) is 0. The Morgan fingerprint density at radius 3 is 1.44 bits per heavy atom. The average Bonchev–Trinajstić information content (AvgIpc) is 3.98. The first-order valence-corrected chi connectivity index (χ1v) is 21.9. The van der Waals surface area contributed by atoms with Crippen molar-refractivity contribution in [1.29, 1.82) is 0 Å². The van der Waals surface area contributed by atoms with Gasteiger partial charge in [0.25, 0.3) is 0 Å². The lowest BCUT2D eigenvalue weighted by atomic mass is 9.70. The minimum atomic E-state index is -0.409. The molecule has 0 unspecified atom stereocenters. The van der Waals surface area contributed by atoms with Gasteiger partial charge in [0.1, 0.15) is 0 Å². The van der Waals surface area contributed by atoms with Crippen LogP contribution >= 0.6 is 11.3 Å². The fraction of sp³-hybridized carbons (Fsp3) is 0.0172. The molecule has 0 bridgehead atoms. The molecule has 1 spiro atoms. The number of fused-ring (bicyclic) bond motifs is 13. The Kier molecular flexibility index (Phi) is 7.69. The summed E-state index contributed by atoms with van der Waals surface area (Å²) in [5.41, 5.74) is 17.3. The molecule has 4 heteroatoms. The van der Waals surface area contributed by atoms with Gasteiger partial charge >= 0.3 is 0 Å². The molecule has 62 heavy (non-hydrogen) atoms. The fourth-order valence-corrected chi connectivity index (χ4v) is 11.3. The second-order valence-corrected chi connectivity index (χ2v) is 17.4. The summed E-state index contributed by atoms with van der Waals surface area (Å²) in [5.74, 6) is 1.91. The van der Waals surface area contributed by atoms with Crippen LogP contribution in [0.5, 0.6) is 0 Å². The summed E-state index contributed by atoms with van der Waals surface area (Å²) in [6, 6.07) is 76.7. The van der Waals surface area contributed by atoms with Crippen molar-refractivity contribution >= 4 is 31.5 Å². The molecule has 11 aromatic rings. The predicted molar refractivity (Wildman–Crippen MR) is 256 cm³/mol. The molecule has 2 heterocycles. The molecule has 0 atom stereocenters. The second kappa shape index (κ2) is 13.6. The third-order valence-electron chi connectivity index (χ3n) is 13.0. The third-order valence-corrected chi connectivity index (χ3v) is 14.1. The first kappa shape index (κ1) is 35.0. The largest absolute Gasteiger partial charge is 0.208 e. The van der Waals surface area contributed by atoms with Crippen LogP contribution in [-0.4, -0.2) is 15.0 Å². The summed E-state index contributed by atoms with van der Waals surface area (Å²) >= 11 is 1.84. The zero-order valence-electron chi connectivity index (χ0n) is 33.5. The van der Waals surface area contributed by atoms with Gasteiger partial charge in [-0.2, -0.15) is 0 Å². The molecule has 2 aromatic heterocycles. The van der Waals surface area contributed by atoms with E-state index in [0.717, 1.165) is 33.4 Å². The Hall–Kier alpha value is -7.79. The molecule has 13 rings (SSSR count). The Bertz CT molecular complexity index is 3540. The van der Waals surface area contributed by atoms with E-state index >= 15 is 0 Å². The smallest absolute Gasteiger partial charge is 0.164 e. The normalized spacial score (nSPS) is 13.0. The highest BCUT2D eigenvalue weighted by atomic mass is 32.1. The van der Waals surface area contributed by atoms with E-state index in [1.807, 2.05) is 17.4 Å². The Labute approximate surface area is 363 Å². The van der Waals surface area contributed by atoms with Crippen molar-refractivity contribution in [2.75, 3.05) is 0 Å². The van der Waals surface area contributed by atoms with Crippen molar-refractivity contribution in [3.05, 3.63) is 235 Å².